The van der Waals surface area contributed by atoms with Gasteiger partial charge in [0.1, 0.15) is 5.69 Å². The Bertz CT molecular complexity index is 773. The van der Waals surface area contributed by atoms with Gasteiger partial charge in [-0.3, -0.25) is 4.98 Å². The van der Waals surface area contributed by atoms with Gasteiger partial charge in [-0.15, -0.1) is 0 Å². The molecule has 0 atom stereocenters. The first-order chi connectivity index (χ1) is 10.3. The summed E-state index contributed by atoms with van der Waals surface area (Å²) in [6.45, 7) is 2.80. The highest BCUT2D eigenvalue weighted by Gasteiger charge is 2.10. The predicted molar refractivity (Wildman–Crippen MR) is 81.5 cm³/mol. The fourth-order valence-corrected chi connectivity index (χ4v) is 2.09. The molecule has 0 amide bonds. The van der Waals surface area contributed by atoms with Crippen LogP contribution >= 0.6 is 0 Å². The van der Waals surface area contributed by atoms with Gasteiger partial charge in [0.15, 0.2) is 5.82 Å². The highest BCUT2D eigenvalue weighted by Crippen LogP contribution is 2.23. The second-order valence-electron chi connectivity index (χ2n) is 4.73. The third-order valence-corrected chi connectivity index (χ3v) is 3.14. The number of fused-ring (bicyclic) bond motifs is 1. The molecule has 106 valence electrons. The Morgan fingerprint density at radius 2 is 2.00 bits per heavy atom. The Morgan fingerprint density at radius 1 is 1.14 bits per heavy atom. The lowest BCUT2D eigenvalue weighted by molar-refractivity contribution is 0.618. The summed E-state index contributed by atoms with van der Waals surface area (Å²) in [5.41, 5.74) is 1.79. The van der Waals surface area contributed by atoms with Crippen LogP contribution in [0.2, 0.25) is 0 Å². The summed E-state index contributed by atoms with van der Waals surface area (Å²) in [7, 11) is 0. The standard InChI is InChI=1S/C16H15FN4/c1-2-7-18-16-20-10-13(17)15(21-16)12-8-11-5-3-4-6-14(11)19-9-12/h3-6,8-10H,2,7H2,1H3,(H,18,20,21). The molecule has 21 heavy (non-hydrogen) atoms. The van der Waals surface area contributed by atoms with Gasteiger partial charge >= 0.3 is 0 Å². The van der Waals surface area contributed by atoms with E-state index in [0.717, 1.165) is 23.9 Å². The largest absolute Gasteiger partial charge is 0.354 e. The van der Waals surface area contributed by atoms with Gasteiger partial charge in [0, 0.05) is 23.7 Å². The second-order valence-corrected chi connectivity index (χ2v) is 4.73. The molecule has 3 rings (SSSR count). The summed E-state index contributed by atoms with van der Waals surface area (Å²) >= 11 is 0. The van der Waals surface area contributed by atoms with Gasteiger partial charge in [-0.1, -0.05) is 25.1 Å². The van der Waals surface area contributed by atoms with Crippen LogP contribution in [0.1, 0.15) is 13.3 Å². The van der Waals surface area contributed by atoms with Crippen molar-refractivity contribution in [2.45, 2.75) is 13.3 Å². The van der Waals surface area contributed by atoms with Crippen molar-refractivity contribution in [1.82, 2.24) is 15.0 Å². The first kappa shape index (κ1) is 13.4. The summed E-state index contributed by atoms with van der Waals surface area (Å²) in [6, 6.07) is 9.60. The molecule has 0 aliphatic heterocycles. The number of aromatic nitrogens is 3. The van der Waals surface area contributed by atoms with Crippen molar-refractivity contribution in [1.29, 1.82) is 0 Å². The summed E-state index contributed by atoms with van der Waals surface area (Å²) in [5, 5.41) is 4.01. The monoisotopic (exact) mass is 282 g/mol. The number of halogens is 1. The zero-order valence-electron chi connectivity index (χ0n) is 11.7. The van der Waals surface area contributed by atoms with Crippen LogP contribution in [0, 0.1) is 5.82 Å². The number of hydrogen-bond donors (Lipinski definition) is 1. The molecule has 4 nitrogen and oxygen atoms in total. The zero-order chi connectivity index (χ0) is 14.7. The molecule has 2 heterocycles. The highest BCUT2D eigenvalue weighted by molar-refractivity contribution is 5.82. The number of hydrogen-bond acceptors (Lipinski definition) is 4. The molecular weight excluding hydrogens is 267 g/mol. The van der Waals surface area contributed by atoms with Gasteiger partial charge in [0.05, 0.1) is 11.7 Å². The first-order valence-electron chi connectivity index (χ1n) is 6.89. The zero-order valence-corrected chi connectivity index (χ0v) is 11.7. The van der Waals surface area contributed by atoms with E-state index in [1.807, 2.05) is 37.3 Å². The Morgan fingerprint density at radius 3 is 2.86 bits per heavy atom. The Kier molecular flexibility index (Phi) is 3.73. The molecule has 5 heteroatoms. The van der Waals surface area contributed by atoms with Crippen molar-refractivity contribution < 1.29 is 4.39 Å². The van der Waals surface area contributed by atoms with E-state index in [9.17, 15) is 4.39 Å². The van der Waals surface area contributed by atoms with Crippen LogP contribution in [-0.2, 0) is 0 Å². The van der Waals surface area contributed by atoms with Crippen molar-refractivity contribution in [3.63, 3.8) is 0 Å². The van der Waals surface area contributed by atoms with Crippen LogP contribution < -0.4 is 5.32 Å². The van der Waals surface area contributed by atoms with Gasteiger partial charge in [-0.2, -0.15) is 0 Å². The molecule has 0 aliphatic rings. The number of pyridine rings is 1. The molecule has 0 unspecified atom stereocenters. The average Bonchev–Trinajstić information content (AvgIpc) is 2.53. The van der Waals surface area contributed by atoms with Crippen molar-refractivity contribution >= 4 is 16.9 Å². The Balaban J connectivity index is 2.04. The minimum absolute atomic E-state index is 0.266. The molecule has 0 saturated carbocycles. The smallest absolute Gasteiger partial charge is 0.223 e. The van der Waals surface area contributed by atoms with Crippen LogP contribution in [0.4, 0.5) is 10.3 Å². The third-order valence-electron chi connectivity index (χ3n) is 3.14. The van der Waals surface area contributed by atoms with E-state index >= 15 is 0 Å². The van der Waals surface area contributed by atoms with Gasteiger partial charge in [0.25, 0.3) is 0 Å². The van der Waals surface area contributed by atoms with Gasteiger partial charge < -0.3 is 5.32 Å². The maximum atomic E-state index is 14.0. The number of nitrogens with one attached hydrogen (secondary N) is 1. The maximum Gasteiger partial charge on any atom is 0.223 e. The van der Waals surface area contributed by atoms with Crippen molar-refractivity contribution in [2.24, 2.45) is 0 Å². The van der Waals surface area contributed by atoms with Crippen molar-refractivity contribution in [2.75, 3.05) is 11.9 Å². The second kappa shape index (κ2) is 5.83. The quantitative estimate of drug-likeness (QED) is 0.793. The lowest BCUT2D eigenvalue weighted by atomic mass is 10.1. The molecule has 2 aromatic heterocycles. The number of rotatable bonds is 4. The minimum atomic E-state index is -0.450. The molecule has 0 aliphatic carbocycles. The third kappa shape index (κ3) is 2.81. The van der Waals surface area contributed by atoms with E-state index < -0.39 is 5.82 Å². The van der Waals surface area contributed by atoms with E-state index in [4.69, 9.17) is 0 Å². The number of benzene rings is 1. The van der Waals surface area contributed by atoms with Crippen LogP contribution in [0.15, 0.2) is 42.7 Å². The molecule has 0 bridgehead atoms. The summed E-state index contributed by atoms with van der Waals surface area (Å²) < 4.78 is 14.0. The van der Waals surface area contributed by atoms with Crippen LogP contribution in [-0.4, -0.2) is 21.5 Å². The molecule has 1 aromatic carbocycles. The van der Waals surface area contributed by atoms with Crippen molar-refractivity contribution in [3.8, 4) is 11.3 Å². The molecule has 0 spiro atoms. The van der Waals surface area contributed by atoms with Crippen LogP contribution in [0.3, 0.4) is 0 Å². The van der Waals surface area contributed by atoms with Gasteiger partial charge in [-0.05, 0) is 18.6 Å². The molecule has 3 aromatic rings. The lowest BCUT2D eigenvalue weighted by Crippen LogP contribution is -2.05. The summed E-state index contributed by atoms with van der Waals surface area (Å²) in [4.78, 5) is 12.5. The average molecular weight is 282 g/mol. The van der Waals surface area contributed by atoms with E-state index in [-0.39, 0.29) is 5.69 Å². The minimum Gasteiger partial charge on any atom is -0.354 e. The highest BCUT2D eigenvalue weighted by atomic mass is 19.1. The molecular formula is C16H15FN4. The number of nitrogens with zero attached hydrogens (tertiary/aromatic N) is 3. The fourth-order valence-electron chi connectivity index (χ4n) is 2.09. The van der Waals surface area contributed by atoms with Gasteiger partial charge in [0.2, 0.25) is 5.95 Å². The van der Waals surface area contributed by atoms with E-state index in [0.29, 0.717) is 11.5 Å². The van der Waals surface area contributed by atoms with E-state index in [2.05, 4.69) is 20.3 Å². The maximum absolute atomic E-state index is 14.0. The molecule has 0 saturated heterocycles. The summed E-state index contributed by atoms with van der Waals surface area (Å²) in [6.07, 6.45) is 3.78. The van der Waals surface area contributed by atoms with E-state index in [1.54, 1.807) is 6.20 Å². The molecule has 0 radical (unpaired) electrons. The molecule has 1 N–H and O–H groups in total. The van der Waals surface area contributed by atoms with Crippen LogP contribution in [0.5, 0.6) is 0 Å². The Hall–Kier alpha value is -2.56. The Labute approximate surface area is 122 Å². The SMILES string of the molecule is CCCNc1ncc(F)c(-c2cnc3ccccc3c2)n1. The first-order valence-corrected chi connectivity index (χ1v) is 6.89. The van der Waals surface area contributed by atoms with Crippen molar-refractivity contribution in [3.05, 3.63) is 48.5 Å². The normalized spacial score (nSPS) is 10.8. The molecule has 0 fully saturated rings. The van der Waals surface area contributed by atoms with Gasteiger partial charge in [-0.25, -0.2) is 14.4 Å². The predicted octanol–water partition coefficient (Wildman–Crippen LogP) is 3.65. The topological polar surface area (TPSA) is 50.7 Å². The number of para-hydroxylation sites is 1. The summed E-state index contributed by atoms with van der Waals surface area (Å²) in [5.74, 6) is -0.0180. The lowest BCUT2D eigenvalue weighted by Gasteiger charge is -2.07. The number of anilines is 1. The fraction of sp³-hybridized carbons (Fsp3) is 0.188. The van der Waals surface area contributed by atoms with Crippen LogP contribution in [0.25, 0.3) is 22.2 Å². The van der Waals surface area contributed by atoms with E-state index in [1.165, 1.54) is 6.20 Å².